The van der Waals surface area contributed by atoms with Crippen LogP contribution in [0.4, 0.5) is 22.0 Å². The summed E-state index contributed by atoms with van der Waals surface area (Å²) in [5.74, 6) is -6.37. The van der Waals surface area contributed by atoms with Gasteiger partial charge in [-0.15, -0.1) is 0 Å². The summed E-state index contributed by atoms with van der Waals surface area (Å²) in [6.45, 7) is 1.97. The van der Waals surface area contributed by atoms with Gasteiger partial charge in [0.25, 0.3) is 0 Å². The molecule has 0 unspecified atom stereocenters. The third-order valence-electron chi connectivity index (χ3n) is 3.91. The van der Waals surface area contributed by atoms with Crippen molar-refractivity contribution in [2.75, 3.05) is 0 Å². The van der Waals surface area contributed by atoms with Gasteiger partial charge in [0.2, 0.25) is 0 Å². The van der Waals surface area contributed by atoms with E-state index in [2.05, 4.69) is 0 Å². The molecule has 124 valence electrons. The van der Waals surface area contributed by atoms with Gasteiger partial charge in [-0.05, 0) is 47.2 Å². The first kappa shape index (κ1) is 16.4. The van der Waals surface area contributed by atoms with Gasteiger partial charge in [-0.2, -0.15) is 0 Å². The molecule has 5 heteroatoms. The van der Waals surface area contributed by atoms with E-state index in [1.807, 2.05) is 6.92 Å². The second-order valence-electron chi connectivity index (χ2n) is 5.61. The molecule has 0 fully saturated rings. The number of halogens is 5. The lowest BCUT2D eigenvalue weighted by atomic mass is 9.98. The van der Waals surface area contributed by atoms with Crippen LogP contribution in [0.5, 0.6) is 0 Å². The molecule has 3 aromatic rings. The Morgan fingerprint density at radius 2 is 1.50 bits per heavy atom. The summed E-state index contributed by atoms with van der Waals surface area (Å²) in [5, 5.41) is -0.820. The molecule has 0 aromatic heterocycles. The summed E-state index contributed by atoms with van der Waals surface area (Å²) in [6, 6.07) is 7.42. The van der Waals surface area contributed by atoms with Gasteiger partial charge in [0.1, 0.15) is 11.6 Å². The molecule has 0 saturated heterocycles. The summed E-state index contributed by atoms with van der Waals surface area (Å²) in [7, 11) is 0. The molecule has 3 rings (SSSR count). The van der Waals surface area contributed by atoms with Crippen LogP contribution in [0.25, 0.3) is 21.9 Å². The van der Waals surface area contributed by atoms with Gasteiger partial charge in [0.15, 0.2) is 17.5 Å². The summed E-state index contributed by atoms with van der Waals surface area (Å²) < 4.78 is 68.9. The van der Waals surface area contributed by atoms with Crippen molar-refractivity contribution < 1.29 is 22.0 Å². The first-order valence-corrected chi connectivity index (χ1v) is 7.48. The SMILES string of the molecule is CCCc1ccc(-c2cc(F)c3c(F)c(F)c(F)cc3c2)c(F)c1. The predicted octanol–water partition coefficient (Wildman–Crippen LogP) is 6.15. The average Bonchev–Trinajstić information content (AvgIpc) is 2.52. The van der Waals surface area contributed by atoms with Crippen LogP contribution in [0.2, 0.25) is 0 Å². The maximum atomic E-state index is 14.3. The van der Waals surface area contributed by atoms with Crippen molar-refractivity contribution in [3.8, 4) is 11.1 Å². The number of hydrogen-bond donors (Lipinski definition) is 0. The minimum absolute atomic E-state index is 0.112. The molecule has 0 aliphatic heterocycles. The summed E-state index contributed by atoms with van der Waals surface area (Å²) in [4.78, 5) is 0. The van der Waals surface area contributed by atoms with Crippen LogP contribution < -0.4 is 0 Å². The fourth-order valence-electron chi connectivity index (χ4n) is 2.78. The predicted molar refractivity (Wildman–Crippen MR) is 83.2 cm³/mol. The lowest BCUT2D eigenvalue weighted by Crippen LogP contribution is -1.96. The van der Waals surface area contributed by atoms with Crippen molar-refractivity contribution in [3.05, 3.63) is 71.0 Å². The van der Waals surface area contributed by atoms with Gasteiger partial charge < -0.3 is 0 Å². The summed E-state index contributed by atoms with van der Waals surface area (Å²) in [5.41, 5.74) is 1.05. The zero-order valence-electron chi connectivity index (χ0n) is 12.8. The van der Waals surface area contributed by atoms with Crippen molar-refractivity contribution in [2.24, 2.45) is 0 Å². The average molecular weight is 336 g/mol. The lowest BCUT2D eigenvalue weighted by Gasteiger charge is -2.10. The van der Waals surface area contributed by atoms with Gasteiger partial charge in [0.05, 0.1) is 5.39 Å². The smallest absolute Gasteiger partial charge is 0.195 e. The third kappa shape index (κ3) is 2.75. The van der Waals surface area contributed by atoms with Crippen LogP contribution in [0.3, 0.4) is 0 Å². The molecule has 0 amide bonds. The Balaban J connectivity index is 2.20. The number of hydrogen-bond acceptors (Lipinski definition) is 0. The van der Waals surface area contributed by atoms with Crippen LogP contribution in [-0.4, -0.2) is 0 Å². The van der Waals surface area contributed by atoms with Crippen molar-refractivity contribution in [1.29, 1.82) is 0 Å². The summed E-state index contributed by atoms with van der Waals surface area (Å²) >= 11 is 0. The molecule has 0 radical (unpaired) electrons. The van der Waals surface area contributed by atoms with Crippen LogP contribution in [0, 0.1) is 29.1 Å². The van der Waals surface area contributed by atoms with Gasteiger partial charge in [0, 0.05) is 5.56 Å². The first-order chi connectivity index (χ1) is 11.4. The Hall–Kier alpha value is -2.43. The maximum Gasteiger partial charge on any atom is 0.195 e. The topological polar surface area (TPSA) is 0 Å². The van der Waals surface area contributed by atoms with Crippen molar-refractivity contribution in [3.63, 3.8) is 0 Å². The van der Waals surface area contributed by atoms with Crippen molar-refractivity contribution >= 4 is 10.8 Å². The standard InChI is InChI=1S/C19H13F5/c1-2-3-10-4-5-13(14(20)6-10)11-7-12-9-16(22)18(23)19(24)17(12)15(21)8-11/h4-9H,2-3H2,1H3. The Labute approximate surface area is 135 Å². The van der Waals surface area contributed by atoms with E-state index >= 15 is 0 Å². The molecular weight excluding hydrogens is 323 g/mol. The zero-order valence-corrected chi connectivity index (χ0v) is 12.8. The Bertz CT molecular complexity index is 931. The highest BCUT2D eigenvalue weighted by atomic mass is 19.2. The van der Waals surface area contributed by atoms with Crippen molar-refractivity contribution in [2.45, 2.75) is 19.8 Å². The Morgan fingerprint density at radius 1 is 0.750 bits per heavy atom. The van der Waals surface area contributed by atoms with E-state index in [0.717, 1.165) is 18.1 Å². The minimum Gasteiger partial charge on any atom is -0.206 e. The molecule has 0 bridgehead atoms. The van der Waals surface area contributed by atoms with Gasteiger partial charge in [-0.1, -0.05) is 25.5 Å². The number of fused-ring (bicyclic) bond motifs is 1. The van der Waals surface area contributed by atoms with E-state index in [-0.39, 0.29) is 16.5 Å². The molecular formula is C19H13F5. The van der Waals surface area contributed by atoms with Gasteiger partial charge in [-0.3, -0.25) is 0 Å². The molecule has 0 aliphatic rings. The molecule has 0 saturated carbocycles. The highest BCUT2D eigenvalue weighted by molar-refractivity contribution is 5.88. The molecule has 24 heavy (non-hydrogen) atoms. The quantitative estimate of drug-likeness (QED) is 0.397. The summed E-state index contributed by atoms with van der Waals surface area (Å²) in [6.07, 6.45) is 1.56. The molecule has 0 atom stereocenters. The highest BCUT2D eigenvalue weighted by Gasteiger charge is 2.18. The number of aryl methyl sites for hydroxylation is 1. The van der Waals surface area contributed by atoms with Gasteiger partial charge >= 0.3 is 0 Å². The maximum absolute atomic E-state index is 14.3. The molecule has 3 aromatic carbocycles. The highest BCUT2D eigenvalue weighted by Crippen LogP contribution is 2.32. The largest absolute Gasteiger partial charge is 0.206 e. The van der Waals surface area contributed by atoms with E-state index in [1.165, 1.54) is 18.2 Å². The second kappa shape index (κ2) is 6.23. The van der Waals surface area contributed by atoms with E-state index < -0.39 is 34.5 Å². The number of rotatable bonds is 3. The molecule has 0 heterocycles. The molecule has 0 N–H and O–H groups in total. The first-order valence-electron chi connectivity index (χ1n) is 7.48. The monoisotopic (exact) mass is 336 g/mol. The van der Waals surface area contributed by atoms with Crippen LogP contribution >= 0.6 is 0 Å². The van der Waals surface area contributed by atoms with Crippen molar-refractivity contribution in [1.82, 2.24) is 0 Å². The van der Waals surface area contributed by atoms with E-state index in [0.29, 0.717) is 12.5 Å². The number of benzene rings is 3. The van der Waals surface area contributed by atoms with Gasteiger partial charge in [-0.25, -0.2) is 22.0 Å². The fourth-order valence-corrected chi connectivity index (χ4v) is 2.78. The fraction of sp³-hybridized carbons (Fsp3) is 0.158. The molecule has 0 spiro atoms. The zero-order chi connectivity index (χ0) is 17.4. The third-order valence-corrected chi connectivity index (χ3v) is 3.91. The lowest BCUT2D eigenvalue weighted by molar-refractivity contribution is 0.451. The van der Waals surface area contributed by atoms with E-state index in [4.69, 9.17) is 0 Å². The minimum atomic E-state index is -1.73. The Kier molecular flexibility index (Phi) is 4.26. The van der Waals surface area contributed by atoms with E-state index in [1.54, 1.807) is 6.07 Å². The Morgan fingerprint density at radius 3 is 2.17 bits per heavy atom. The molecule has 0 aliphatic carbocycles. The normalized spacial score (nSPS) is 11.2. The van der Waals surface area contributed by atoms with Crippen LogP contribution in [0.15, 0.2) is 36.4 Å². The van der Waals surface area contributed by atoms with E-state index in [9.17, 15) is 22.0 Å². The second-order valence-corrected chi connectivity index (χ2v) is 5.61. The molecule has 0 nitrogen and oxygen atoms in total. The van der Waals surface area contributed by atoms with Crippen LogP contribution in [0.1, 0.15) is 18.9 Å². The van der Waals surface area contributed by atoms with Crippen LogP contribution in [-0.2, 0) is 6.42 Å².